The second kappa shape index (κ2) is 6.63. The summed E-state index contributed by atoms with van der Waals surface area (Å²) in [5.74, 6) is 0.00832. The summed E-state index contributed by atoms with van der Waals surface area (Å²) >= 11 is 3.14. The molecule has 2 N–H and O–H groups in total. The number of carbonyl (C=O) groups is 1. The summed E-state index contributed by atoms with van der Waals surface area (Å²) in [6.45, 7) is 3.51. The molecule has 2 aromatic heterocycles. The number of para-hydroxylation sites is 2. The SMILES string of the molecule is Cc1c(Br)c([N+](=O)[O-])nn1[C@H](C)C(=O)NCc1nc2ccccc2[nH]1. The third-order valence-electron chi connectivity index (χ3n) is 3.85. The predicted octanol–water partition coefficient (Wildman–Crippen LogP) is 2.62. The van der Waals surface area contributed by atoms with Gasteiger partial charge in [0.15, 0.2) is 0 Å². The smallest absolute Gasteiger partial charge is 0.358 e. The Balaban J connectivity index is 1.72. The minimum atomic E-state index is -0.700. The Morgan fingerprint density at radius 1 is 1.48 bits per heavy atom. The van der Waals surface area contributed by atoms with Crippen LogP contribution in [-0.4, -0.2) is 30.6 Å². The van der Waals surface area contributed by atoms with Gasteiger partial charge in [0.25, 0.3) is 0 Å². The number of carbonyl (C=O) groups excluding carboxylic acids is 1. The van der Waals surface area contributed by atoms with Gasteiger partial charge in [0.05, 0.1) is 28.4 Å². The van der Waals surface area contributed by atoms with E-state index in [2.05, 4.69) is 36.3 Å². The number of H-pyrrole nitrogens is 1. The fraction of sp³-hybridized carbons (Fsp3) is 0.267. The van der Waals surface area contributed by atoms with Crippen LogP contribution in [0.1, 0.15) is 24.5 Å². The van der Waals surface area contributed by atoms with Gasteiger partial charge in [-0.3, -0.25) is 4.79 Å². The van der Waals surface area contributed by atoms with Crippen LogP contribution >= 0.6 is 15.9 Å². The van der Waals surface area contributed by atoms with Crippen LogP contribution in [0.25, 0.3) is 11.0 Å². The van der Waals surface area contributed by atoms with E-state index in [0.717, 1.165) is 11.0 Å². The molecule has 0 aliphatic carbocycles. The molecule has 0 spiro atoms. The molecule has 25 heavy (non-hydrogen) atoms. The zero-order valence-corrected chi connectivity index (χ0v) is 15.1. The van der Waals surface area contributed by atoms with Crippen molar-refractivity contribution in [2.24, 2.45) is 0 Å². The first kappa shape index (κ1) is 17.1. The van der Waals surface area contributed by atoms with Crippen molar-refractivity contribution in [3.63, 3.8) is 0 Å². The number of rotatable bonds is 5. The van der Waals surface area contributed by atoms with E-state index < -0.39 is 11.0 Å². The summed E-state index contributed by atoms with van der Waals surface area (Å²) in [6.07, 6.45) is 0. The molecule has 0 radical (unpaired) electrons. The van der Waals surface area contributed by atoms with Crippen molar-refractivity contribution in [1.82, 2.24) is 25.1 Å². The topological polar surface area (TPSA) is 119 Å². The van der Waals surface area contributed by atoms with Crippen molar-refractivity contribution < 1.29 is 9.72 Å². The van der Waals surface area contributed by atoms with Gasteiger partial charge >= 0.3 is 5.82 Å². The van der Waals surface area contributed by atoms with Crippen LogP contribution in [0.5, 0.6) is 0 Å². The van der Waals surface area contributed by atoms with E-state index in [1.807, 2.05) is 24.3 Å². The standard InChI is InChI=1S/C15H15BrN6O3/c1-8-13(16)14(22(24)25)20-21(8)9(2)15(23)17-7-12-18-10-5-3-4-6-11(10)19-12/h3-6,9H,7H2,1-2H3,(H,17,23)(H,18,19)/t9-/m1/s1. The minimum absolute atomic E-state index is 0.224. The van der Waals surface area contributed by atoms with E-state index in [4.69, 9.17) is 0 Å². The van der Waals surface area contributed by atoms with Gasteiger partial charge in [0, 0.05) is 0 Å². The predicted molar refractivity (Wildman–Crippen MR) is 94.0 cm³/mol. The molecule has 0 saturated heterocycles. The van der Waals surface area contributed by atoms with Gasteiger partial charge in [-0.15, -0.1) is 0 Å². The summed E-state index contributed by atoms with van der Waals surface area (Å²) in [5, 5.41) is 17.6. The summed E-state index contributed by atoms with van der Waals surface area (Å²) in [6, 6.07) is 6.87. The maximum absolute atomic E-state index is 12.4. The number of fused-ring (bicyclic) bond motifs is 1. The molecule has 10 heteroatoms. The lowest BCUT2D eigenvalue weighted by atomic mass is 10.3. The lowest BCUT2D eigenvalue weighted by Crippen LogP contribution is -2.31. The fourth-order valence-electron chi connectivity index (χ4n) is 2.50. The maximum Gasteiger partial charge on any atom is 0.404 e. The largest absolute Gasteiger partial charge is 0.404 e. The fourth-order valence-corrected chi connectivity index (χ4v) is 2.90. The number of aromatic nitrogens is 4. The van der Waals surface area contributed by atoms with Crippen molar-refractivity contribution >= 4 is 38.7 Å². The van der Waals surface area contributed by atoms with Crippen LogP contribution in [0.4, 0.5) is 5.82 Å². The van der Waals surface area contributed by atoms with Crippen molar-refractivity contribution in [3.05, 3.63) is 50.4 Å². The molecule has 0 aliphatic heterocycles. The van der Waals surface area contributed by atoms with Crippen LogP contribution in [0.3, 0.4) is 0 Å². The highest BCUT2D eigenvalue weighted by Crippen LogP contribution is 2.29. The number of nitrogens with zero attached hydrogens (tertiary/aromatic N) is 4. The first-order chi connectivity index (χ1) is 11.9. The van der Waals surface area contributed by atoms with Gasteiger partial charge in [0.2, 0.25) is 5.91 Å². The highest BCUT2D eigenvalue weighted by Gasteiger charge is 2.29. The number of hydrogen-bond donors (Lipinski definition) is 2. The van der Waals surface area contributed by atoms with Crippen molar-refractivity contribution in [3.8, 4) is 0 Å². The molecule has 130 valence electrons. The first-order valence-corrected chi connectivity index (χ1v) is 8.28. The Morgan fingerprint density at radius 3 is 2.84 bits per heavy atom. The van der Waals surface area contributed by atoms with Crippen LogP contribution in [-0.2, 0) is 11.3 Å². The number of nitro groups is 1. The Labute approximate surface area is 150 Å². The summed E-state index contributed by atoms with van der Waals surface area (Å²) in [7, 11) is 0. The third kappa shape index (κ3) is 3.25. The average Bonchev–Trinajstić information content (AvgIpc) is 3.13. The number of amides is 1. The van der Waals surface area contributed by atoms with Gasteiger partial charge in [-0.2, -0.15) is 4.68 Å². The van der Waals surface area contributed by atoms with Gasteiger partial charge in [-0.05, 0) is 46.8 Å². The Kier molecular flexibility index (Phi) is 4.53. The number of halogens is 1. The Morgan fingerprint density at radius 2 is 2.20 bits per heavy atom. The molecule has 0 fully saturated rings. The van der Waals surface area contributed by atoms with Crippen LogP contribution < -0.4 is 5.32 Å². The van der Waals surface area contributed by atoms with Crippen LogP contribution in [0.15, 0.2) is 28.7 Å². The van der Waals surface area contributed by atoms with Crippen LogP contribution in [0.2, 0.25) is 0 Å². The van der Waals surface area contributed by atoms with Crippen molar-refractivity contribution in [2.45, 2.75) is 26.4 Å². The molecule has 0 saturated carbocycles. The first-order valence-electron chi connectivity index (χ1n) is 7.48. The molecular weight excluding hydrogens is 392 g/mol. The molecule has 1 amide bonds. The zero-order chi connectivity index (χ0) is 18.1. The molecule has 2 heterocycles. The van der Waals surface area contributed by atoms with Gasteiger partial charge in [0.1, 0.15) is 16.3 Å². The van der Waals surface area contributed by atoms with Gasteiger partial charge < -0.3 is 20.4 Å². The third-order valence-corrected chi connectivity index (χ3v) is 4.78. The lowest BCUT2D eigenvalue weighted by Gasteiger charge is -2.10. The molecule has 3 aromatic rings. The summed E-state index contributed by atoms with van der Waals surface area (Å²) in [5.41, 5.74) is 2.22. The molecular formula is C15H15BrN6O3. The minimum Gasteiger partial charge on any atom is -0.358 e. The van der Waals surface area contributed by atoms with Gasteiger partial charge in [-0.1, -0.05) is 12.1 Å². The van der Waals surface area contributed by atoms with E-state index in [-0.39, 0.29) is 22.7 Å². The molecule has 1 aromatic carbocycles. The normalized spacial score (nSPS) is 12.3. The van der Waals surface area contributed by atoms with Crippen molar-refractivity contribution in [1.29, 1.82) is 0 Å². The lowest BCUT2D eigenvalue weighted by molar-refractivity contribution is -0.390. The van der Waals surface area contributed by atoms with E-state index in [1.54, 1.807) is 13.8 Å². The highest BCUT2D eigenvalue weighted by molar-refractivity contribution is 9.10. The Bertz CT molecular complexity index is 930. The number of benzene rings is 1. The van der Waals surface area contributed by atoms with E-state index in [0.29, 0.717) is 11.5 Å². The molecule has 0 aliphatic rings. The molecule has 0 bridgehead atoms. The summed E-state index contributed by atoms with van der Waals surface area (Å²) in [4.78, 5) is 30.3. The highest BCUT2D eigenvalue weighted by atomic mass is 79.9. The second-order valence-corrected chi connectivity index (χ2v) is 6.31. The summed E-state index contributed by atoms with van der Waals surface area (Å²) < 4.78 is 1.60. The second-order valence-electron chi connectivity index (χ2n) is 5.52. The molecule has 0 unspecified atom stereocenters. The average molecular weight is 407 g/mol. The number of aromatic amines is 1. The number of imidazole rings is 1. The number of hydrogen-bond acceptors (Lipinski definition) is 5. The van der Waals surface area contributed by atoms with E-state index in [9.17, 15) is 14.9 Å². The maximum atomic E-state index is 12.4. The molecule has 9 nitrogen and oxygen atoms in total. The monoisotopic (exact) mass is 406 g/mol. The molecule has 1 atom stereocenters. The zero-order valence-electron chi connectivity index (χ0n) is 13.5. The quantitative estimate of drug-likeness (QED) is 0.498. The van der Waals surface area contributed by atoms with Crippen molar-refractivity contribution in [2.75, 3.05) is 0 Å². The Hall–Kier alpha value is -2.75. The molecule has 3 rings (SSSR count). The van der Waals surface area contributed by atoms with E-state index in [1.165, 1.54) is 4.68 Å². The van der Waals surface area contributed by atoms with Crippen LogP contribution in [0, 0.1) is 17.0 Å². The van der Waals surface area contributed by atoms with Gasteiger partial charge in [-0.25, -0.2) is 4.98 Å². The van der Waals surface area contributed by atoms with E-state index >= 15 is 0 Å². The number of nitrogens with one attached hydrogen (secondary N) is 2.